The third-order valence-corrected chi connectivity index (χ3v) is 2.90. The molecule has 1 N–H and O–H groups in total. The average Bonchev–Trinajstić information content (AvgIpc) is 2.47. The molecule has 0 aromatic heterocycles. The Kier molecular flexibility index (Phi) is 4.47. The molecule has 2 aromatic carbocycles. The van der Waals surface area contributed by atoms with Crippen LogP contribution in [0.2, 0.25) is 0 Å². The lowest BCUT2D eigenvalue weighted by atomic mass is 10.1. The van der Waals surface area contributed by atoms with Gasteiger partial charge < -0.3 is 10.1 Å². The Morgan fingerprint density at radius 2 is 1.81 bits per heavy atom. The largest absolute Gasteiger partial charge is 0.465 e. The number of rotatable bonds is 4. The van der Waals surface area contributed by atoms with Crippen LogP contribution in [0, 0.1) is 17.5 Å². The van der Waals surface area contributed by atoms with E-state index in [2.05, 4.69) is 10.1 Å². The van der Waals surface area contributed by atoms with Crippen LogP contribution in [-0.2, 0) is 11.3 Å². The predicted octanol–water partition coefficient (Wildman–Crippen LogP) is 3.50. The van der Waals surface area contributed by atoms with Crippen molar-refractivity contribution in [3.05, 3.63) is 65.0 Å². The van der Waals surface area contributed by atoms with Crippen LogP contribution in [0.5, 0.6) is 0 Å². The summed E-state index contributed by atoms with van der Waals surface area (Å²) >= 11 is 0. The molecule has 21 heavy (non-hydrogen) atoms. The van der Waals surface area contributed by atoms with E-state index in [1.165, 1.54) is 12.1 Å². The second kappa shape index (κ2) is 6.30. The second-order valence-electron chi connectivity index (χ2n) is 4.24. The molecular formula is C15H12F3NO2. The number of hydrogen-bond donors (Lipinski definition) is 1. The van der Waals surface area contributed by atoms with Crippen molar-refractivity contribution in [1.82, 2.24) is 0 Å². The van der Waals surface area contributed by atoms with Gasteiger partial charge in [0, 0.05) is 17.8 Å². The van der Waals surface area contributed by atoms with Crippen molar-refractivity contribution in [1.29, 1.82) is 0 Å². The number of anilines is 1. The highest BCUT2D eigenvalue weighted by Crippen LogP contribution is 2.20. The zero-order valence-corrected chi connectivity index (χ0v) is 11.1. The number of esters is 1. The van der Waals surface area contributed by atoms with E-state index < -0.39 is 23.4 Å². The number of hydrogen-bond acceptors (Lipinski definition) is 3. The summed E-state index contributed by atoms with van der Waals surface area (Å²) in [5.74, 6) is -2.77. The van der Waals surface area contributed by atoms with E-state index in [9.17, 15) is 18.0 Å². The molecule has 0 radical (unpaired) electrons. The first-order valence-electron chi connectivity index (χ1n) is 6.07. The Balaban J connectivity index is 2.26. The quantitative estimate of drug-likeness (QED) is 0.877. The summed E-state index contributed by atoms with van der Waals surface area (Å²) in [7, 11) is 1.16. The lowest BCUT2D eigenvalue weighted by Crippen LogP contribution is -2.10. The van der Waals surface area contributed by atoms with Gasteiger partial charge in [-0.15, -0.1) is 0 Å². The Morgan fingerprint density at radius 3 is 2.43 bits per heavy atom. The van der Waals surface area contributed by atoms with Gasteiger partial charge in [-0.1, -0.05) is 6.07 Å². The first-order valence-corrected chi connectivity index (χ1v) is 6.07. The number of carbonyl (C=O) groups is 1. The number of carbonyl (C=O) groups excluding carboxylic acids is 1. The van der Waals surface area contributed by atoms with Crippen LogP contribution in [0.15, 0.2) is 36.4 Å². The Morgan fingerprint density at radius 1 is 1.14 bits per heavy atom. The van der Waals surface area contributed by atoms with Crippen molar-refractivity contribution >= 4 is 11.7 Å². The summed E-state index contributed by atoms with van der Waals surface area (Å²) in [5, 5.41) is 2.71. The Labute approximate surface area is 119 Å². The van der Waals surface area contributed by atoms with E-state index >= 15 is 0 Å². The van der Waals surface area contributed by atoms with Gasteiger partial charge in [0.05, 0.1) is 12.7 Å². The van der Waals surface area contributed by atoms with Gasteiger partial charge in [-0.3, -0.25) is 0 Å². The van der Waals surface area contributed by atoms with Crippen molar-refractivity contribution in [2.45, 2.75) is 6.54 Å². The highest BCUT2D eigenvalue weighted by atomic mass is 19.1. The van der Waals surface area contributed by atoms with Gasteiger partial charge in [0.25, 0.3) is 0 Å². The fourth-order valence-corrected chi connectivity index (χ4v) is 1.83. The van der Waals surface area contributed by atoms with Crippen LogP contribution < -0.4 is 5.32 Å². The zero-order valence-electron chi connectivity index (χ0n) is 11.1. The molecule has 0 saturated carbocycles. The highest BCUT2D eigenvalue weighted by Gasteiger charge is 2.14. The number of ether oxygens (including phenoxy) is 1. The smallest absolute Gasteiger partial charge is 0.340 e. The van der Waals surface area contributed by atoms with Crippen LogP contribution in [0.3, 0.4) is 0 Å². The van der Waals surface area contributed by atoms with Crippen LogP contribution in [0.25, 0.3) is 0 Å². The number of halogens is 3. The van der Waals surface area contributed by atoms with Gasteiger partial charge in [-0.2, -0.15) is 0 Å². The highest BCUT2D eigenvalue weighted by molar-refractivity contribution is 5.95. The van der Waals surface area contributed by atoms with E-state index in [1.54, 1.807) is 0 Å². The van der Waals surface area contributed by atoms with Gasteiger partial charge in [0.15, 0.2) is 0 Å². The molecule has 0 spiro atoms. The third kappa shape index (κ3) is 3.34. The molecule has 0 fully saturated rings. The van der Waals surface area contributed by atoms with Gasteiger partial charge in [0.1, 0.15) is 17.5 Å². The number of benzene rings is 2. The van der Waals surface area contributed by atoms with Gasteiger partial charge in [-0.05, 0) is 30.3 Å². The van der Waals surface area contributed by atoms with Crippen LogP contribution in [-0.4, -0.2) is 13.1 Å². The Hall–Kier alpha value is -2.50. The second-order valence-corrected chi connectivity index (χ2v) is 4.24. The van der Waals surface area contributed by atoms with Crippen molar-refractivity contribution < 1.29 is 22.7 Å². The molecule has 0 unspecified atom stereocenters. The molecule has 0 aliphatic heterocycles. The standard InChI is InChI=1S/C15H12F3NO2/c1-21-15(20)10-7-9(16)5-6-14(10)19-8-11-12(17)3-2-4-13(11)18/h2-7,19H,8H2,1H3. The molecule has 2 aromatic rings. The van der Waals surface area contributed by atoms with Gasteiger partial charge in [0.2, 0.25) is 0 Å². The molecule has 0 saturated heterocycles. The lowest BCUT2D eigenvalue weighted by Gasteiger charge is -2.12. The summed E-state index contributed by atoms with van der Waals surface area (Å²) in [4.78, 5) is 11.6. The van der Waals surface area contributed by atoms with Crippen molar-refractivity contribution in [3.63, 3.8) is 0 Å². The molecule has 0 bridgehead atoms. The molecule has 110 valence electrons. The van der Waals surface area contributed by atoms with Gasteiger partial charge >= 0.3 is 5.97 Å². The SMILES string of the molecule is COC(=O)c1cc(F)ccc1NCc1c(F)cccc1F. The summed E-state index contributed by atoms with van der Waals surface area (Å²) in [6.07, 6.45) is 0. The molecule has 0 heterocycles. The molecule has 0 atom stereocenters. The molecule has 2 rings (SSSR count). The fraction of sp³-hybridized carbons (Fsp3) is 0.133. The Bertz CT molecular complexity index is 654. The fourth-order valence-electron chi connectivity index (χ4n) is 1.83. The number of methoxy groups -OCH3 is 1. The molecular weight excluding hydrogens is 283 g/mol. The summed E-state index contributed by atoms with van der Waals surface area (Å²) < 4.78 is 44.7. The van der Waals surface area contributed by atoms with Crippen LogP contribution in [0.4, 0.5) is 18.9 Å². The summed E-state index contributed by atoms with van der Waals surface area (Å²) in [6.45, 7) is -0.186. The average molecular weight is 295 g/mol. The van der Waals surface area contributed by atoms with Crippen molar-refractivity contribution in [3.8, 4) is 0 Å². The first kappa shape index (κ1) is 14.9. The topological polar surface area (TPSA) is 38.3 Å². The lowest BCUT2D eigenvalue weighted by molar-refractivity contribution is 0.0601. The molecule has 6 heteroatoms. The zero-order chi connectivity index (χ0) is 15.4. The minimum atomic E-state index is -0.744. The maximum absolute atomic E-state index is 13.5. The van der Waals surface area contributed by atoms with Crippen molar-refractivity contribution in [2.75, 3.05) is 12.4 Å². The monoisotopic (exact) mass is 295 g/mol. The minimum Gasteiger partial charge on any atom is -0.465 e. The first-order chi connectivity index (χ1) is 10.0. The molecule has 0 aliphatic rings. The van der Waals surface area contributed by atoms with Crippen LogP contribution >= 0.6 is 0 Å². The van der Waals surface area contributed by atoms with E-state index in [-0.39, 0.29) is 23.4 Å². The van der Waals surface area contributed by atoms with E-state index in [1.807, 2.05) is 0 Å². The molecule has 3 nitrogen and oxygen atoms in total. The van der Waals surface area contributed by atoms with Crippen molar-refractivity contribution in [2.24, 2.45) is 0 Å². The maximum Gasteiger partial charge on any atom is 0.340 e. The minimum absolute atomic E-state index is 0.0470. The van der Waals surface area contributed by atoms with E-state index in [4.69, 9.17) is 0 Å². The maximum atomic E-state index is 13.5. The third-order valence-electron chi connectivity index (χ3n) is 2.90. The predicted molar refractivity (Wildman–Crippen MR) is 71.4 cm³/mol. The molecule has 0 aliphatic carbocycles. The number of nitrogens with one attached hydrogen (secondary N) is 1. The van der Waals surface area contributed by atoms with Gasteiger partial charge in [-0.25, -0.2) is 18.0 Å². The normalized spacial score (nSPS) is 10.3. The summed E-state index contributed by atoms with van der Waals surface area (Å²) in [5.41, 5.74) is 0.0118. The molecule has 0 amide bonds. The van der Waals surface area contributed by atoms with E-state index in [0.717, 1.165) is 31.4 Å². The summed E-state index contributed by atoms with van der Waals surface area (Å²) in [6, 6.07) is 6.95. The van der Waals surface area contributed by atoms with E-state index in [0.29, 0.717) is 0 Å². The van der Waals surface area contributed by atoms with Crippen LogP contribution in [0.1, 0.15) is 15.9 Å².